The number of carbonyl (C=O) groups excluding carboxylic acids is 1. The van der Waals surface area contributed by atoms with E-state index in [1.807, 2.05) is 29.2 Å². The first-order valence-electron chi connectivity index (χ1n) is 8.58. The van der Waals surface area contributed by atoms with Crippen LogP contribution in [0.2, 0.25) is 0 Å². The quantitative estimate of drug-likeness (QED) is 0.848. The van der Waals surface area contributed by atoms with Gasteiger partial charge in [-0.15, -0.1) is 0 Å². The van der Waals surface area contributed by atoms with E-state index in [9.17, 15) is 4.79 Å². The number of nitrogens with zero attached hydrogens (tertiary/aromatic N) is 1. The van der Waals surface area contributed by atoms with Crippen LogP contribution in [0.25, 0.3) is 0 Å². The first-order valence-corrected chi connectivity index (χ1v) is 8.58. The zero-order chi connectivity index (χ0) is 16.1. The van der Waals surface area contributed by atoms with Gasteiger partial charge in [-0.25, -0.2) is 4.79 Å². The van der Waals surface area contributed by atoms with Gasteiger partial charge in [0.05, 0.1) is 6.61 Å². The number of piperidine rings is 1. The summed E-state index contributed by atoms with van der Waals surface area (Å²) in [6.45, 7) is 3.08. The Bertz CT molecular complexity index is 523. The van der Waals surface area contributed by atoms with Crippen molar-refractivity contribution in [3.05, 3.63) is 29.8 Å². The maximum absolute atomic E-state index is 12.3. The van der Waals surface area contributed by atoms with Crippen molar-refractivity contribution in [3.8, 4) is 0 Å². The highest BCUT2D eigenvalue weighted by atomic mass is 16.5. The van der Waals surface area contributed by atoms with Crippen LogP contribution >= 0.6 is 0 Å². The van der Waals surface area contributed by atoms with Gasteiger partial charge in [0.1, 0.15) is 0 Å². The molecule has 1 aliphatic carbocycles. The van der Waals surface area contributed by atoms with Crippen molar-refractivity contribution in [3.63, 3.8) is 0 Å². The molecule has 5 heteroatoms. The van der Waals surface area contributed by atoms with E-state index in [1.54, 1.807) is 0 Å². The Labute approximate surface area is 137 Å². The highest BCUT2D eigenvalue weighted by molar-refractivity contribution is 5.89. The minimum atomic E-state index is -0.0579. The van der Waals surface area contributed by atoms with Crippen molar-refractivity contribution in [1.82, 2.24) is 4.90 Å². The van der Waals surface area contributed by atoms with Crippen LogP contribution in [-0.4, -0.2) is 42.3 Å². The lowest BCUT2D eigenvalue weighted by molar-refractivity contribution is 0.111. The topological polar surface area (TPSA) is 61.8 Å². The van der Waals surface area contributed by atoms with Crippen molar-refractivity contribution >= 4 is 11.7 Å². The Morgan fingerprint density at radius 3 is 2.70 bits per heavy atom. The van der Waals surface area contributed by atoms with E-state index in [4.69, 9.17) is 9.84 Å². The molecule has 126 valence electrons. The second-order valence-corrected chi connectivity index (χ2v) is 6.70. The van der Waals surface area contributed by atoms with Crippen LogP contribution in [0, 0.1) is 11.8 Å². The molecule has 5 nitrogen and oxygen atoms in total. The van der Waals surface area contributed by atoms with Crippen LogP contribution in [0.15, 0.2) is 24.3 Å². The third kappa shape index (κ3) is 4.94. The molecule has 1 aromatic rings. The number of nitrogens with one attached hydrogen (secondary N) is 1. The SMILES string of the molecule is O=C(Nc1cccc(COCC2CC2)c1)N1CCC(CO)CC1. The first-order chi connectivity index (χ1) is 11.2. The van der Waals surface area contributed by atoms with Crippen LogP contribution < -0.4 is 5.32 Å². The van der Waals surface area contributed by atoms with E-state index in [-0.39, 0.29) is 12.6 Å². The second kappa shape index (κ2) is 7.79. The monoisotopic (exact) mass is 318 g/mol. The van der Waals surface area contributed by atoms with Gasteiger partial charge in [-0.05, 0) is 55.2 Å². The number of hydrogen-bond acceptors (Lipinski definition) is 3. The van der Waals surface area contributed by atoms with Crippen LogP contribution in [0.4, 0.5) is 10.5 Å². The predicted octanol–water partition coefficient (Wildman–Crippen LogP) is 2.85. The zero-order valence-corrected chi connectivity index (χ0v) is 13.5. The lowest BCUT2D eigenvalue weighted by Crippen LogP contribution is -2.41. The van der Waals surface area contributed by atoms with Gasteiger partial charge in [0, 0.05) is 32.0 Å². The van der Waals surface area contributed by atoms with Gasteiger partial charge in [0.15, 0.2) is 0 Å². The number of ether oxygens (including phenoxy) is 1. The third-order valence-electron chi connectivity index (χ3n) is 4.66. The fraction of sp³-hybridized carbons (Fsp3) is 0.611. The lowest BCUT2D eigenvalue weighted by Gasteiger charge is -2.31. The number of amides is 2. The molecule has 2 aliphatic rings. The number of carbonyl (C=O) groups is 1. The summed E-state index contributed by atoms with van der Waals surface area (Å²) in [6, 6.07) is 7.80. The average molecular weight is 318 g/mol. The molecule has 0 unspecified atom stereocenters. The number of urea groups is 1. The Kier molecular flexibility index (Phi) is 5.51. The summed E-state index contributed by atoms with van der Waals surface area (Å²) in [5.41, 5.74) is 1.90. The van der Waals surface area contributed by atoms with Crippen LogP contribution in [0.5, 0.6) is 0 Å². The largest absolute Gasteiger partial charge is 0.396 e. The van der Waals surface area contributed by atoms with Gasteiger partial charge in [-0.1, -0.05) is 12.1 Å². The normalized spacial score (nSPS) is 18.9. The zero-order valence-electron chi connectivity index (χ0n) is 13.5. The van der Waals surface area contributed by atoms with Crippen molar-refractivity contribution in [2.24, 2.45) is 11.8 Å². The fourth-order valence-corrected chi connectivity index (χ4v) is 2.89. The van der Waals surface area contributed by atoms with E-state index in [0.717, 1.165) is 36.6 Å². The molecule has 1 aliphatic heterocycles. The number of benzene rings is 1. The maximum Gasteiger partial charge on any atom is 0.321 e. The highest BCUT2D eigenvalue weighted by Crippen LogP contribution is 2.29. The summed E-state index contributed by atoms with van der Waals surface area (Å²) in [7, 11) is 0. The molecule has 2 amide bonds. The molecule has 1 saturated carbocycles. The van der Waals surface area contributed by atoms with Gasteiger partial charge in [0.25, 0.3) is 0 Å². The van der Waals surface area contributed by atoms with E-state index < -0.39 is 0 Å². The molecule has 0 spiro atoms. The van der Waals surface area contributed by atoms with Gasteiger partial charge < -0.3 is 20.1 Å². The van der Waals surface area contributed by atoms with Gasteiger partial charge in [-0.2, -0.15) is 0 Å². The molecule has 0 bridgehead atoms. The van der Waals surface area contributed by atoms with Gasteiger partial charge in [0.2, 0.25) is 0 Å². The smallest absolute Gasteiger partial charge is 0.321 e. The summed E-state index contributed by atoms with van der Waals surface area (Å²) in [5, 5.41) is 12.1. The molecular weight excluding hydrogens is 292 g/mol. The van der Waals surface area contributed by atoms with E-state index in [2.05, 4.69) is 5.32 Å². The number of anilines is 1. The summed E-state index contributed by atoms with van der Waals surface area (Å²) in [6.07, 6.45) is 4.34. The maximum atomic E-state index is 12.3. The van der Waals surface area contributed by atoms with Crippen molar-refractivity contribution in [2.45, 2.75) is 32.3 Å². The van der Waals surface area contributed by atoms with Gasteiger partial charge in [-0.3, -0.25) is 0 Å². The van der Waals surface area contributed by atoms with Gasteiger partial charge >= 0.3 is 6.03 Å². The summed E-state index contributed by atoms with van der Waals surface area (Å²) in [5.74, 6) is 1.10. The molecule has 0 radical (unpaired) electrons. The lowest BCUT2D eigenvalue weighted by atomic mass is 9.98. The molecule has 2 N–H and O–H groups in total. The molecule has 0 atom stereocenters. The summed E-state index contributed by atoms with van der Waals surface area (Å²) in [4.78, 5) is 14.1. The molecule has 23 heavy (non-hydrogen) atoms. The van der Waals surface area contributed by atoms with Crippen LogP contribution in [0.3, 0.4) is 0 Å². The molecule has 1 heterocycles. The predicted molar refractivity (Wildman–Crippen MR) is 89.2 cm³/mol. The summed E-state index contributed by atoms with van der Waals surface area (Å²) < 4.78 is 5.70. The average Bonchev–Trinajstić information content (AvgIpc) is 3.39. The Morgan fingerprint density at radius 2 is 2.00 bits per heavy atom. The minimum absolute atomic E-state index is 0.0579. The first kappa shape index (κ1) is 16.3. The van der Waals surface area contributed by atoms with E-state index in [0.29, 0.717) is 25.6 Å². The molecule has 1 aromatic carbocycles. The standard InChI is InChI=1S/C18H26N2O3/c21-11-14-6-8-20(9-7-14)18(22)19-17-3-1-2-16(10-17)13-23-12-15-4-5-15/h1-3,10,14-15,21H,4-9,11-13H2,(H,19,22). The van der Waals surface area contributed by atoms with Crippen molar-refractivity contribution < 1.29 is 14.6 Å². The van der Waals surface area contributed by atoms with Crippen LogP contribution in [-0.2, 0) is 11.3 Å². The second-order valence-electron chi connectivity index (χ2n) is 6.70. The highest BCUT2D eigenvalue weighted by Gasteiger charge is 2.22. The van der Waals surface area contributed by atoms with Crippen LogP contribution in [0.1, 0.15) is 31.2 Å². The number of likely N-dealkylation sites (tertiary alicyclic amines) is 1. The van der Waals surface area contributed by atoms with Crippen molar-refractivity contribution in [1.29, 1.82) is 0 Å². The minimum Gasteiger partial charge on any atom is -0.396 e. The number of rotatable bonds is 6. The molecule has 0 aromatic heterocycles. The summed E-state index contributed by atoms with van der Waals surface area (Å²) >= 11 is 0. The molecular formula is C18H26N2O3. The Balaban J connectivity index is 1.47. The molecule has 2 fully saturated rings. The van der Waals surface area contributed by atoms with Crippen molar-refractivity contribution in [2.75, 3.05) is 31.6 Å². The molecule has 1 saturated heterocycles. The number of aliphatic hydroxyl groups is 1. The third-order valence-corrected chi connectivity index (χ3v) is 4.66. The molecule has 3 rings (SSSR count). The Hall–Kier alpha value is -1.59. The number of aliphatic hydroxyl groups excluding tert-OH is 1. The van der Waals surface area contributed by atoms with E-state index >= 15 is 0 Å². The Morgan fingerprint density at radius 1 is 1.22 bits per heavy atom. The number of hydrogen-bond donors (Lipinski definition) is 2. The van der Waals surface area contributed by atoms with E-state index in [1.165, 1.54) is 12.8 Å². The fourth-order valence-electron chi connectivity index (χ4n) is 2.89.